The molecule has 0 aliphatic heterocycles. The second-order valence-electron chi connectivity index (χ2n) is 4.35. The molecule has 0 radical (unpaired) electrons. The first-order valence-electron chi connectivity index (χ1n) is 6.46. The van der Waals surface area contributed by atoms with E-state index in [2.05, 4.69) is 22.8 Å². The highest BCUT2D eigenvalue weighted by molar-refractivity contribution is 7.99. The minimum absolute atomic E-state index is 0.331. The minimum atomic E-state index is 0.331. The van der Waals surface area contributed by atoms with E-state index >= 15 is 0 Å². The second kappa shape index (κ2) is 7.50. The number of nitrogens with zero attached hydrogens (tertiary/aromatic N) is 4. The van der Waals surface area contributed by atoms with Crippen LogP contribution in [0.3, 0.4) is 0 Å². The van der Waals surface area contributed by atoms with Crippen molar-refractivity contribution in [3.05, 3.63) is 48.3 Å². The molecule has 1 aromatic carbocycles. The number of hydrogen-bond donors (Lipinski definition) is 0. The van der Waals surface area contributed by atoms with Gasteiger partial charge in [-0.05, 0) is 24.6 Å². The van der Waals surface area contributed by atoms with Gasteiger partial charge in [-0.15, -0.1) is 16.8 Å². The summed E-state index contributed by atoms with van der Waals surface area (Å²) in [4.78, 5) is 0. The average molecular weight is 300 g/mol. The van der Waals surface area contributed by atoms with E-state index < -0.39 is 0 Å². The first-order valence-corrected chi connectivity index (χ1v) is 7.45. The van der Waals surface area contributed by atoms with E-state index in [1.165, 1.54) is 11.8 Å². The molecule has 0 N–H and O–H groups in total. The van der Waals surface area contributed by atoms with Crippen LogP contribution in [0.4, 0.5) is 0 Å². The van der Waals surface area contributed by atoms with Crippen molar-refractivity contribution >= 4 is 11.8 Å². The number of aromatic nitrogens is 3. The van der Waals surface area contributed by atoms with Gasteiger partial charge in [0, 0.05) is 6.54 Å². The molecule has 0 saturated carbocycles. The van der Waals surface area contributed by atoms with Crippen LogP contribution in [0.2, 0.25) is 0 Å². The topological polar surface area (TPSA) is 63.7 Å². The molecule has 0 aliphatic carbocycles. The molecule has 108 valence electrons. The van der Waals surface area contributed by atoms with Crippen LogP contribution in [0.5, 0.6) is 5.75 Å². The summed E-state index contributed by atoms with van der Waals surface area (Å²) in [5.74, 6) is 1.86. The number of ether oxygens (including phenoxy) is 1. The summed E-state index contributed by atoms with van der Waals surface area (Å²) < 4.78 is 7.65. The first-order chi connectivity index (χ1) is 10.2. The van der Waals surface area contributed by atoms with Crippen molar-refractivity contribution < 1.29 is 4.74 Å². The summed E-state index contributed by atoms with van der Waals surface area (Å²) >= 11 is 1.36. The fraction of sp³-hybridized carbons (Fsp3) is 0.267. The third kappa shape index (κ3) is 4.10. The Balaban J connectivity index is 2.10. The molecule has 2 aromatic rings. The fourth-order valence-corrected chi connectivity index (χ4v) is 2.42. The molecule has 2 rings (SSSR count). The van der Waals surface area contributed by atoms with Crippen LogP contribution < -0.4 is 4.74 Å². The predicted molar refractivity (Wildman–Crippen MR) is 82.1 cm³/mol. The zero-order valence-corrected chi connectivity index (χ0v) is 12.6. The third-order valence-corrected chi connectivity index (χ3v) is 3.56. The van der Waals surface area contributed by atoms with Gasteiger partial charge in [-0.25, -0.2) is 0 Å². The maximum absolute atomic E-state index is 8.66. The van der Waals surface area contributed by atoms with Gasteiger partial charge >= 0.3 is 0 Å². The highest BCUT2D eigenvalue weighted by Gasteiger charge is 2.12. The fourth-order valence-electron chi connectivity index (χ4n) is 1.79. The molecule has 0 unspecified atom stereocenters. The Morgan fingerprint density at radius 3 is 3.05 bits per heavy atom. The summed E-state index contributed by atoms with van der Waals surface area (Å²) in [5, 5.41) is 17.6. The van der Waals surface area contributed by atoms with Crippen LogP contribution in [0.25, 0.3) is 0 Å². The number of nitriles is 1. The summed E-state index contributed by atoms with van der Waals surface area (Å²) in [6.45, 7) is 6.68. The van der Waals surface area contributed by atoms with Crippen molar-refractivity contribution in [3.63, 3.8) is 0 Å². The summed E-state index contributed by atoms with van der Waals surface area (Å²) in [6, 6.07) is 9.93. The zero-order chi connectivity index (χ0) is 15.1. The van der Waals surface area contributed by atoms with Gasteiger partial charge in [0.1, 0.15) is 12.4 Å². The predicted octanol–water partition coefficient (Wildman–Crippen LogP) is 2.97. The van der Waals surface area contributed by atoms with Gasteiger partial charge in [0.05, 0.1) is 11.8 Å². The van der Waals surface area contributed by atoms with Gasteiger partial charge in [-0.1, -0.05) is 30.0 Å². The van der Waals surface area contributed by atoms with Crippen LogP contribution in [0, 0.1) is 18.3 Å². The van der Waals surface area contributed by atoms with Crippen molar-refractivity contribution in [3.8, 4) is 11.8 Å². The number of aryl methyl sites for hydroxylation is 1. The van der Waals surface area contributed by atoms with Crippen molar-refractivity contribution in [2.24, 2.45) is 0 Å². The second-order valence-corrected chi connectivity index (χ2v) is 5.29. The van der Waals surface area contributed by atoms with Gasteiger partial charge in [-0.2, -0.15) is 5.26 Å². The Kier molecular flexibility index (Phi) is 5.41. The van der Waals surface area contributed by atoms with Gasteiger partial charge in [0.15, 0.2) is 11.0 Å². The molecule has 0 fully saturated rings. The monoisotopic (exact) mass is 300 g/mol. The first kappa shape index (κ1) is 15.1. The van der Waals surface area contributed by atoms with Crippen molar-refractivity contribution in [2.45, 2.75) is 25.2 Å². The Bertz CT molecular complexity index is 660. The van der Waals surface area contributed by atoms with Gasteiger partial charge in [0.2, 0.25) is 0 Å². The van der Waals surface area contributed by atoms with Crippen molar-refractivity contribution in [2.75, 3.05) is 5.75 Å². The molecular weight excluding hydrogens is 284 g/mol. The third-order valence-electron chi connectivity index (χ3n) is 2.73. The molecule has 0 bridgehead atoms. The molecular formula is C15H16N4OS. The average Bonchev–Trinajstić information content (AvgIpc) is 2.86. The Morgan fingerprint density at radius 1 is 1.48 bits per heavy atom. The molecule has 0 amide bonds. The standard InChI is InChI=1S/C15H16N4OS/c1-3-8-19-14(17-18-15(19)21-9-7-16)11-20-13-6-4-5-12(2)10-13/h3-6,10H,1,8-9,11H2,2H3. The quantitative estimate of drug-likeness (QED) is 0.581. The van der Waals surface area contributed by atoms with E-state index in [0.717, 1.165) is 17.1 Å². The normalized spacial score (nSPS) is 10.1. The number of allylic oxidation sites excluding steroid dienone is 1. The van der Waals surface area contributed by atoms with E-state index in [4.69, 9.17) is 10.00 Å². The largest absolute Gasteiger partial charge is 0.486 e. The lowest BCUT2D eigenvalue weighted by Crippen LogP contribution is -2.07. The van der Waals surface area contributed by atoms with E-state index in [1.54, 1.807) is 6.08 Å². The molecule has 0 saturated heterocycles. The lowest BCUT2D eigenvalue weighted by atomic mass is 10.2. The van der Waals surface area contributed by atoms with Crippen LogP contribution in [0.15, 0.2) is 42.1 Å². The Morgan fingerprint density at radius 2 is 2.33 bits per heavy atom. The van der Waals surface area contributed by atoms with E-state index in [0.29, 0.717) is 24.1 Å². The zero-order valence-electron chi connectivity index (χ0n) is 11.8. The highest BCUT2D eigenvalue weighted by Crippen LogP contribution is 2.18. The van der Waals surface area contributed by atoms with E-state index in [9.17, 15) is 0 Å². The van der Waals surface area contributed by atoms with Gasteiger partial charge < -0.3 is 4.74 Å². The van der Waals surface area contributed by atoms with Crippen LogP contribution >= 0.6 is 11.8 Å². The molecule has 6 heteroatoms. The summed E-state index contributed by atoms with van der Waals surface area (Å²) in [7, 11) is 0. The lowest BCUT2D eigenvalue weighted by molar-refractivity contribution is 0.289. The summed E-state index contributed by atoms with van der Waals surface area (Å²) in [6.07, 6.45) is 1.77. The lowest BCUT2D eigenvalue weighted by Gasteiger charge is -2.09. The van der Waals surface area contributed by atoms with Crippen LogP contribution in [0.1, 0.15) is 11.4 Å². The molecule has 0 spiro atoms. The molecule has 21 heavy (non-hydrogen) atoms. The smallest absolute Gasteiger partial charge is 0.192 e. The van der Waals surface area contributed by atoms with Gasteiger partial charge in [-0.3, -0.25) is 4.57 Å². The molecule has 1 aromatic heterocycles. The van der Waals surface area contributed by atoms with E-state index in [-0.39, 0.29) is 0 Å². The molecule has 0 aliphatic rings. The highest BCUT2D eigenvalue weighted by atomic mass is 32.2. The minimum Gasteiger partial charge on any atom is -0.486 e. The van der Waals surface area contributed by atoms with Crippen LogP contribution in [-0.4, -0.2) is 20.5 Å². The molecule has 1 heterocycles. The maximum atomic E-state index is 8.66. The van der Waals surface area contributed by atoms with Crippen molar-refractivity contribution in [1.29, 1.82) is 5.26 Å². The Hall–Kier alpha value is -2.26. The summed E-state index contributed by atoms with van der Waals surface area (Å²) in [5.41, 5.74) is 1.14. The Labute approximate surface area is 128 Å². The molecule has 0 atom stereocenters. The number of thioether (sulfide) groups is 1. The number of benzene rings is 1. The maximum Gasteiger partial charge on any atom is 0.192 e. The van der Waals surface area contributed by atoms with E-state index in [1.807, 2.05) is 35.8 Å². The van der Waals surface area contributed by atoms with Crippen LogP contribution in [-0.2, 0) is 13.2 Å². The van der Waals surface area contributed by atoms with Gasteiger partial charge in [0.25, 0.3) is 0 Å². The molecule has 5 nitrogen and oxygen atoms in total. The number of rotatable bonds is 7. The van der Waals surface area contributed by atoms with Crippen molar-refractivity contribution in [1.82, 2.24) is 14.8 Å². The SMILES string of the molecule is C=CCn1c(COc2cccc(C)c2)nnc1SCC#N. The number of hydrogen-bond acceptors (Lipinski definition) is 5.